The Morgan fingerprint density at radius 3 is 2.75 bits per heavy atom. The van der Waals surface area contributed by atoms with Crippen LogP contribution in [0.5, 0.6) is 0 Å². The van der Waals surface area contributed by atoms with Crippen LogP contribution in [-0.4, -0.2) is 18.9 Å². The van der Waals surface area contributed by atoms with E-state index >= 15 is 0 Å². The highest BCUT2D eigenvalue weighted by Crippen LogP contribution is 2.23. The number of carbonyl (C=O) groups excluding carboxylic acids is 1. The molecule has 2 heteroatoms. The molecule has 86 valence electrons. The van der Waals surface area contributed by atoms with Gasteiger partial charge in [-0.2, -0.15) is 0 Å². The zero-order valence-corrected chi connectivity index (χ0v) is 9.78. The standard InChI is InChI=1S/C14H19NO/c1-11(13-8-5-9-15-10-13)14(16)12-6-3-2-4-7-12/h2-4,6-7,11,13,15H,5,8-10H2,1H3. The van der Waals surface area contributed by atoms with E-state index in [9.17, 15) is 4.79 Å². The summed E-state index contributed by atoms with van der Waals surface area (Å²) in [6, 6.07) is 9.63. The Labute approximate surface area is 97.1 Å². The largest absolute Gasteiger partial charge is 0.316 e. The van der Waals surface area contributed by atoms with Crippen molar-refractivity contribution in [3.05, 3.63) is 35.9 Å². The molecule has 1 aromatic carbocycles. The smallest absolute Gasteiger partial charge is 0.165 e. The maximum Gasteiger partial charge on any atom is 0.165 e. The molecule has 0 amide bonds. The van der Waals surface area contributed by atoms with Gasteiger partial charge in [-0.3, -0.25) is 4.79 Å². The van der Waals surface area contributed by atoms with Gasteiger partial charge in [0.05, 0.1) is 0 Å². The summed E-state index contributed by atoms with van der Waals surface area (Å²) in [7, 11) is 0. The number of carbonyl (C=O) groups is 1. The average molecular weight is 217 g/mol. The summed E-state index contributed by atoms with van der Waals surface area (Å²) in [5, 5.41) is 3.37. The first kappa shape index (κ1) is 11.3. The third-order valence-electron chi connectivity index (χ3n) is 3.51. The molecule has 0 aromatic heterocycles. The number of benzene rings is 1. The number of hydrogen-bond donors (Lipinski definition) is 1. The van der Waals surface area contributed by atoms with E-state index in [-0.39, 0.29) is 11.7 Å². The molecule has 1 aliphatic rings. The van der Waals surface area contributed by atoms with Crippen LogP contribution in [0, 0.1) is 11.8 Å². The van der Waals surface area contributed by atoms with Gasteiger partial charge >= 0.3 is 0 Å². The Kier molecular flexibility index (Phi) is 3.73. The number of rotatable bonds is 3. The summed E-state index contributed by atoms with van der Waals surface area (Å²) in [5.41, 5.74) is 0.848. The van der Waals surface area contributed by atoms with Crippen LogP contribution in [0.1, 0.15) is 30.1 Å². The molecule has 1 fully saturated rings. The molecule has 0 saturated carbocycles. The second kappa shape index (κ2) is 5.26. The number of ketones is 1. The highest BCUT2D eigenvalue weighted by atomic mass is 16.1. The summed E-state index contributed by atoms with van der Waals surface area (Å²) < 4.78 is 0. The van der Waals surface area contributed by atoms with Gasteiger partial charge in [-0.15, -0.1) is 0 Å². The van der Waals surface area contributed by atoms with Crippen molar-refractivity contribution >= 4 is 5.78 Å². The van der Waals surface area contributed by atoms with E-state index in [0.717, 1.165) is 18.7 Å². The molecule has 0 radical (unpaired) electrons. The topological polar surface area (TPSA) is 29.1 Å². The lowest BCUT2D eigenvalue weighted by atomic mass is 9.83. The molecule has 1 aromatic rings. The maximum atomic E-state index is 12.2. The lowest BCUT2D eigenvalue weighted by Crippen LogP contribution is -2.36. The van der Waals surface area contributed by atoms with E-state index in [1.54, 1.807) is 0 Å². The summed E-state index contributed by atoms with van der Waals surface area (Å²) >= 11 is 0. The predicted octanol–water partition coefficient (Wildman–Crippen LogP) is 2.50. The Balaban J connectivity index is 2.04. The van der Waals surface area contributed by atoms with Crippen LogP contribution in [-0.2, 0) is 0 Å². The first-order valence-electron chi connectivity index (χ1n) is 6.09. The number of nitrogens with one attached hydrogen (secondary N) is 1. The molecule has 1 aliphatic heterocycles. The Morgan fingerprint density at radius 1 is 1.38 bits per heavy atom. The zero-order valence-electron chi connectivity index (χ0n) is 9.78. The fourth-order valence-corrected chi connectivity index (χ4v) is 2.38. The van der Waals surface area contributed by atoms with Crippen LogP contribution in [0.25, 0.3) is 0 Å². The van der Waals surface area contributed by atoms with Gasteiger partial charge in [0.25, 0.3) is 0 Å². The molecule has 1 heterocycles. The van der Waals surface area contributed by atoms with E-state index in [2.05, 4.69) is 12.2 Å². The number of hydrogen-bond acceptors (Lipinski definition) is 2. The monoisotopic (exact) mass is 217 g/mol. The minimum Gasteiger partial charge on any atom is -0.316 e. The summed E-state index contributed by atoms with van der Waals surface area (Å²) in [5.74, 6) is 0.922. The van der Waals surface area contributed by atoms with Gasteiger partial charge in [-0.1, -0.05) is 37.3 Å². The fourth-order valence-electron chi connectivity index (χ4n) is 2.38. The van der Waals surface area contributed by atoms with Crippen molar-refractivity contribution in [1.82, 2.24) is 5.32 Å². The highest BCUT2D eigenvalue weighted by Gasteiger charge is 2.25. The fraction of sp³-hybridized carbons (Fsp3) is 0.500. The normalized spacial score (nSPS) is 22.7. The first-order chi connectivity index (χ1) is 7.79. The van der Waals surface area contributed by atoms with Gasteiger partial charge in [-0.05, 0) is 31.8 Å². The molecule has 2 nitrogen and oxygen atoms in total. The lowest BCUT2D eigenvalue weighted by molar-refractivity contribution is 0.0871. The van der Waals surface area contributed by atoms with E-state index < -0.39 is 0 Å². The molecule has 1 N–H and O–H groups in total. The van der Waals surface area contributed by atoms with Crippen LogP contribution < -0.4 is 5.32 Å². The van der Waals surface area contributed by atoms with Gasteiger partial charge in [-0.25, -0.2) is 0 Å². The lowest BCUT2D eigenvalue weighted by Gasteiger charge is -2.27. The van der Waals surface area contributed by atoms with E-state index in [1.165, 1.54) is 12.8 Å². The number of Topliss-reactive ketones (excluding diaryl/α,β-unsaturated/α-hetero) is 1. The third-order valence-corrected chi connectivity index (χ3v) is 3.51. The van der Waals surface area contributed by atoms with Crippen molar-refractivity contribution in [3.63, 3.8) is 0 Å². The maximum absolute atomic E-state index is 12.2. The molecule has 0 spiro atoms. The third kappa shape index (κ3) is 2.50. The van der Waals surface area contributed by atoms with Crippen LogP contribution in [0.4, 0.5) is 0 Å². The molecule has 2 atom stereocenters. The van der Waals surface area contributed by atoms with Crippen molar-refractivity contribution in [2.24, 2.45) is 11.8 Å². The molecule has 16 heavy (non-hydrogen) atoms. The van der Waals surface area contributed by atoms with Crippen LogP contribution in [0.15, 0.2) is 30.3 Å². The van der Waals surface area contributed by atoms with Crippen molar-refractivity contribution in [1.29, 1.82) is 0 Å². The SMILES string of the molecule is CC(C(=O)c1ccccc1)C1CCCNC1. The van der Waals surface area contributed by atoms with E-state index in [0.29, 0.717) is 5.92 Å². The van der Waals surface area contributed by atoms with Crippen molar-refractivity contribution in [3.8, 4) is 0 Å². The van der Waals surface area contributed by atoms with Gasteiger partial charge in [0.1, 0.15) is 0 Å². The van der Waals surface area contributed by atoms with Gasteiger partial charge in [0.2, 0.25) is 0 Å². The molecule has 0 aliphatic carbocycles. The summed E-state index contributed by atoms with van der Waals surface area (Å²) in [4.78, 5) is 12.2. The molecular weight excluding hydrogens is 198 g/mol. The quantitative estimate of drug-likeness (QED) is 0.788. The van der Waals surface area contributed by atoms with Crippen LogP contribution in [0.2, 0.25) is 0 Å². The average Bonchev–Trinajstić information content (AvgIpc) is 2.39. The van der Waals surface area contributed by atoms with Crippen molar-refractivity contribution in [2.45, 2.75) is 19.8 Å². The Morgan fingerprint density at radius 2 is 2.12 bits per heavy atom. The number of piperidine rings is 1. The van der Waals surface area contributed by atoms with E-state index in [4.69, 9.17) is 0 Å². The molecular formula is C14H19NO. The molecule has 0 bridgehead atoms. The minimum atomic E-state index is 0.134. The molecule has 2 rings (SSSR count). The van der Waals surface area contributed by atoms with Crippen molar-refractivity contribution < 1.29 is 4.79 Å². The Hall–Kier alpha value is -1.15. The van der Waals surface area contributed by atoms with Gasteiger partial charge in [0, 0.05) is 11.5 Å². The molecule has 1 saturated heterocycles. The second-order valence-electron chi connectivity index (χ2n) is 4.63. The summed E-state index contributed by atoms with van der Waals surface area (Å²) in [6.07, 6.45) is 2.36. The van der Waals surface area contributed by atoms with Gasteiger partial charge < -0.3 is 5.32 Å². The van der Waals surface area contributed by atoms with Crippen molar-refractivity contribution in [2.75, 3.05) is 13.1 Å². The Bertz CT molecular complexity index is 341. The highest BCUT2D eigenvalue weighted by molar-refractivity contribution is 5.97. The zero-order chi connectivity index (χ0) is 11.4. The molecule has 2 unspecified atom stereocenters. The van der Waals surface area contributed by atoms with Gasteiger partial charge in [0.15, 0.2) is 5.78 Å². The second-order valence-corrected chi connectivity index (χ2v) is 4.63. The minimum absolute atomic E-state index is 0.134. The predicted molar refractivity (Wildman–Crippen MR) is 65.5 cm³/mol. The van der Waals surface area contributed by atoms with Crippen LogP contribution in [0.3, 0.4) is 0 Å². The first-order valence-corrected chi connectivity index (χ1v) is 6.09. The van der Waals surface area contributed by atoms with Crippen LogP contribution >= 0.6 is 0 Å². The van der Waals surface area contributed by atoms with E-state index in [1.807, 2.05) is 30.3 Å². The summed E-state index contributed by atoms with van der Waals surface area (Å²) in [6.45, 7) is 4.15.